The van der Waals surface area contributed by atoms with Gasteiger partial charge in [-0.2, -0.15) is 0 Å². The van der Waals surface area contributed by atoms with Crippen LogP contribution < -0.4 is 0 Å². The van der Waals surface area contributed by atoms with Gasteiger partial charge in [-0.25, -0.2) is 0 Å². The first-order chi connectivity index (χ1) is 16.9. The molecule has 0 aromatic heterocycles. The van der Waals surface area contributed by atoms with Crippen molar-refractivity contribution in [3.8, 4) is 0 Å². The average molecular weight is 580 g/mol. The average Bonchev–Trinajstić information content (AvgIpc) is 2.76. The van der Waals surface area contributed by atoms with E-state index in [1.807, 2.05) is 0 Å². The molecule has 2 aliphatic rings. The Morgan fingerprint density at radius 2 is 1.00 bits per heavy atom. The molecule has 2 fully saturated rings. The summed E-state index contributed by atoms with van der Waals surface area (Å²) in [6, 6.07) is 1.10. The summed E-state index contributed by atoms with van der Waals surface area (Å²) in [5.74, 6) is 5.89. The third-order valence-corrected chi connectivity index (χ3v) is 9.11. The molecule has 0 aromatic carbocycles. The van der Waals surface area contributed by atoms with Crippen molar-refractivity contribution in [3.63, 3.8) is 0 Å². The van der Waals surface area contributed by atoms with Crippen molar-refractivity contribution < 1.29 is 17.0 Å². The van der Waals surface area contributed by atoms with E-state index in [0.29, 0.717) is 23.9 Å². The van der Waals surface area contributed by atoms with Crippen molar-refractivity contribution in [1.82, 2.24) is 0 Å². The monoisotopic (exact) mass is 578 g/mol. The second-order valence-corrected chi connectivity index (χ2v) is 16.6. The molecular formula is C31H60Cl2N2Ti-2. The van der Waals surface area contributed by atoms with Crippen LogP contribution in [0.15, 0.2) is 0 Å². The van der Waals surface area contributed by atoms with Crippen LogP contribution >= 0.6 is 18.6 Å². The third-order valence-electron chi connectivity index (χ3n) is 9.11. The number of halogens is 2. The van der Waals surface area contributed by atoms with E-state index >= 15 is 0 Å². The summed E-state index contributed by atoms with van der Waals surface area (Å²) in [4.78, 5) is 0. The van der Waals surface area contributed by atoms with Crippen LogP contribution in [0, 0.1) is 52.8 Å². The normalized spacial score (nSPS) is 29.6. The van der Waals surface area contributed by atoms with Crippen LogP contribution in [-0.4, -0.2) is 25.2 Å². The first kappa shape index (κ1) is 35.2. The first-order valence-corrected chi connectivity index (χ1v) is 19.5. The van der Waals surface area contributed by atoms with E-state index in [1.165, 1.54) is 51.4 Å². The second kappa shape index (κ2) is 17.8. The third kappa shape index (κ3) is 11.8. The maximum atomic E-state index is 5.62. The van der Waals surface area contributed by atoms with Crippen LogP contribution in [0.25, 0.3) is 10.6 Å². The fraction of sp³-hybridized carbons (Fsp3) is 1.00. The van der Waals surface area contributed by atoms with E-state index < -0.39 is 17.0 Å². The molecule has 5 heteroatoms. The van der Waals surface area contributed by atoms with Gasteiger partial charge in [-0.05, 0) is 36.5 Å². The molecule has 2 saturated carbocycles. The minimum atomic E-state index is -0.556. The Kier molecular flexibility index (Phi) is 17.4. The molecule has 6 atom stereocenters. The van der Waals surface area contributed by atoms with E-state index in [-0.39, 0.29) is 5.41 Å². The van der Waals surface area contributed by atoms with Gasteiger partial charge in [0.05, 0.1) is 0 Å². The molecule has 2 rings (SSSR count). The summed E-state index contributed by atoms with van der Waals surface area (Å²) in [7, 11) is 9.78. The van der Waals surface area contributed by atoms with Gasteiger partial charge >= 0.3 is 35.6 Å². The predicted octanol–water partition coefficient (Wildman–Crippen LogP) is 11.1. The van der Waals surface area contributed by atoms with Gasteiger partial charge in [0.2, 0.25) is 0 Å². The topological polar surface area (TPSA) is 28.2 Å². The fourth-order valence-corrected chi connectivity index (χ4v) is 7.69. The van der Waals surface area contributed by atoms with E-state index in [0.717, 1.165) is 48.6 Å². The Balaban J connectivity index is 0.00000205. The summed E-state index contributed by atoms with van der Waals surface area (Å²) >= 11 is -0.556. The van der Waals surface area contributed by atoms with Crippen molar-refractivity contribution in [2.75, 3.05) is 13.1 Å². The Morgan fingerprint density at radius 1 is 0.667 bits per heavy atom. The molecule has 0 saturated heterocycles. The number of rotatable bonds is 12. The Hall–Kier alpha value is 1.21. The van der Waals surface area contributed by atoms with Gasteiger partial charge in [0.1, 0.15) is 0 Å². The molecule has 0 amide bonds. The van der Waals surface area contributed by atoms with E-state index in [4.69, 9.17) is 29.2 Å². The Labute approximate surface area is 243 Å². The second-order valence-electron chi connectivity index (χ2n) is 14.1. The summed E-state index contributed by atoms with van der Waals surface area (Å²) in [6.07, 6.45) is 10.8. The van der Waals surface area contributed by atoms with Gasteiger partial charge in [-0.15, -0.1) is 25.2 Å². The van der Waals surface area contributed by atoms with Crippen LogP contribution in [0.2, 0.25) is 0 Å². The number of hydrogen-bond acceptors (Lipinski definition) is 0. The van der Waals surface area contributed by atoms with Crippen molar-refractivity contribution in [3.05, 3.63) is 10.6 Å². The predicted molar refractivity (Wildman–Crippen MR) is 160 cm³/mol. The molecule has 0 radical (unpaired) electrons. The zero-order valence-corrected chi connectivity index (χ0v) is 28.6. The van der Waals surface area contributed by atoms with Crippen molar-refractivity contribution >= 4 is 18.6 Å². The summed E-state index contributed by atoms with van der Waals surface area (Å²) in [5, 5.41) is 11.2. The molecule has 0 heterocycles. The molecule has 2 nitrogen and oxygen atoms in total. The summed E-state index contributed by atoms with van der Waals surface area (Å²) in [6.45, 7) is 26.3. The van der Waals surface area contributed by atoms with Gasteiger partial charge in [-0.1, -0.05) is 137 Å². The molecule has 0 N–H and O–H groups in total. The fourth-order valence-electron chi connectivity index (χ4n) is 7.69. The van der Waals surface area contributed by atoms with E-state index in [2.05, 4.69) is 69.2 Å². The van der Waals surface area contributed by atoms with Gasteiger partial charge in [0.25, 0.3) is 0 Å². The molecule has 214 valence electrons. The molecule has 0 spiro atoms. The summed E-state index contributed by atoms with van der Waals surface area (Å²) < 4.78 is 0. The molecule has 0 aliphatic heterocycles. The SMILES string of the molecule is CC(C)CC(C[N-]C1C(C)CCCC1C(C)C)(C[N-]C1C(C)CCCC1C(C)C)CC(C)C.[Cl][Ti][Cl]. The minimum absolute atomic E-state index is 0.236. The quantitative estimate of drug-likeness (QED) is 0.206. The van der Waals surface area contributed by atoms with Gasteiger partial charge in [0.15, 0.2) is 0 Å². The van der Waals surface area contributed by atoms with Crippen molar-refractivity contribution in [2.45, 2.75) is 133 Å². The zero-order chi connectivity index (χ0) is 27.5. The van der Waals surface area contributed by atoms with Crippen LogP contribution in [0.4, 0.5) is 0 Å². The van der Waals surface area contributed by atoms with Crippen LogP contribution in [0.3, 0.4) is 0 Å². The van der Waals surface area contributed by atoms with E-state index in [1.54, 1.807) is 0 Å². The van der Waals surface area contributed by atoms with Crippen molar-refractivity contribution in [1.29, 1.82) is 0 Å². The first-order valence-electron chi connectivity index (χ1n) is 15.2. The molecule has 0 bridgehead atoms. The van der Waals surface area contributed by atoms with Gasteiger partial charge < -0.3 is 10.6 Å². The Morgan fingerprint density at radius 3 is 1.28 bits per heavy atom. The van der Waals surface area contributed by atoms with Crippen LogP contribution in [-0.2, 0) is 17.0 Å². The molecule has 0 aromatic rings. The standard InChI is InChI=1S/C31H60N2.2ClH.Ti/c1-21(2)17-31(18-22(3)4,19-32-29-25(9)13-11-15-27(29)23(5)6)20-33-30-26(10)14-12-16-28(30)24(7)8;;;/h21-30H,11-20H2,1-10H3;2*1H;/q-2;;;+2/p-2. The molecule has 2 aliphatic carbocycles. The molecular weight excluding hydrogens is 519 g/mol. The van der Waals surface area contributed by atoms with Crippen molar-refractivity contribution in [2.24, 2.45) is 52.8 Å². The number of nitrogens with zero attached hydrogens (tertiary/aromatic N) is 2. The molecule has 36 heavy (non-hydrogen) atoms. The summed E-state index contributed by atoms with van der Waals surface area (Å²) in [5.41, 5.74) is 0.236. The maximum absolute atomic E-state index is 5.62. The van der Waals surface area contributed by atoms with Gasteiger partial charge in [0, 0.05) is 0 Å². The zero-order valence-electron chi connectivity index (χ0n) is 25.5. The van der Waals surface area contributed by atoms with Crippen LogP contribution in [0.5, 0.6) is 0 Å². The molecule has 6 unspecified atom stereocenters. The van der Waals surface area contributed by atoms with E-state index in [9.17, 15) is 0 Å². The Bertz CT molecular complexity index is 521. The number of hydrogen-bond donors (Lipinski definition) is 0. The van der Waals surface area contributed by atoms with Crippen LogP contribution in [0.1, 0.15) is 121 Å². The van der Waals surface area contributed by atoms with Gasteiger partial charge in [-0.3, -0.25) is 0 Å².